The van der Waals surface area contributed by atoms with Crippen LogP contribution >= 0.6 is 0 Å². The van der Waals surface area contributed by atoms with Crippen molar-refractivity contribution in [2.75, 3.05) is 30.8 Å². The van der Waals surface area contributed by atoms with Crippen LogP contribution in [-0.4, -0.2) is 54.2 Å². The third kappa shape index (κ3) is 6.82. The standard InChI is InChI=1S/C29H31N3O6/c1-19-6-3-4-8-24(19)30-29(36)31-25-14-9-20(16-26(25)37-2)17-27(33)32-15-5-7-23(18-32)38-22-12-10-21(11-13-22)28(34)35/h3-4,6,8-14,16,23H,5,7,15,17-18H2,1-2H3,(H,34,35)(H2,30,31,36)/t23-/m1/s1. The number of carbonyl (C=O) groups is 3. The summed E-state index contributed by atoms with van der Waals surface area (Å²) in [6.07, 6.45) is 1.64. The summed E-state index contributed by atoms with van der Waals surface area (Å²) in [5.74, 6) is 0.0185. The highest BCUT2D eigenvalue weighted by Crippen LogP contribution is 2.27. The monoisotopic (exact) mass is 517 g/mol. The second kappa shape index (κ2) is 12.1. The van der Waals surface area contributed by atoms with E-state index in [0.29, 0.717) is 36.0 Å². The number of hydrogen-bond acceptors (Lipinski definition) is 5. The molecule has 1 aliphatic heterocycles. The molecule has 0 unspecified atom stereocenters. The first-order valence-electron chi connectivity index (χ1n) is 12.4. The molecule has 1 heterocycles. The molecule has 1 fully saturated rings. The van der Waals surface area contributed by atoms with Crippen molar-refractivity contribution in [3.8, 4) is 11.5 Å². The van der Waals surface area contributed by atoms with E-state index in [9.17, 15) is 14.4 Å². The van der Waals surface area contributed by atoms with E-state index in [1.807, 2.05) is 31.2 Å². The SMILES string of the molecule is COc1cc(CC(=O)N2CCC[C@@H](Oc3ccc(C(=O)O)cc3)C2)ccc1NC(=O)Nc1ccccc1C. The van der Waals surface area contributed by atoms with Crippen LogP contribution < -0.4 is 20.1 Å². The molecule has 1 atom stereocenters. The molecular formula is C29H31N3O6. The summed E-state index contributed by atoms with van der Waals surface area (Å²) >= 11 is 0. The van der Waals surface area contributed by atoms with Gasteiger partial charge in [-0.1, -0.05) is 24.3 Å². The number of benzene rings is 3. The van der Waals surface area contributed by atoms with Crippen LogP contribution in [0.3, 0.4) is 0 Å². The second-order valence-corrected chi connectivity index (χ2v) is 9.16. The number of rotatable bonds is 8. The van der Waals surface area contributed by atoms with Crippen molar-refractivity contribution in [2.24, 2.45) is 0 Å². The van der Waals surface area contributed by atoms with Crippen LogP contribution in [0.15, 0.2) is 66.7 Å². The van der Waals surface area contributed by atoms with Gasteiger partial charge in [-0.05, 0) is 73.4 Å². The van der Waals surface area contributed by atoms with Crippen molar-refractivity contribution in [2.45, 2.75) is 32.3 Å². The number of likely N-dealkylation sites (tertiary alicyclic amines) is 1. The van der Waals surface area contributed by atoms with Crippen molar-refractivity contribution in [1.82, 2.24) is 4.90 Å². The lowest BCUT2D eigenvalue weighted by molar-refractivity contribution is -0.133. The molecule has 198 valence electrons. The molecule has 3 N–H and O–H groups in total. The molecule has 1 aliphatic rings. The lowest BCUT2D eigenvalue weighted by atomic mass is 10.1. The van der Waals surface area contributed by atoms with Crippen LogP contribution in [0.25, 0.3) is 0 Å². The number of amides is 3. The average Bonchev–Trinajstić information content (AvgIpc) is 2.91. The number of hydrogen-bond donors (Lipinski definition) is 3. The van der Waals surface area contributed by atoms with Crippen LogP contribution in [0.5, 0.6) is 11.5 Å². The van der Waals surface area contributed by atoms with Gasteiger partial charge in [0.2, 0.25) is 5.91 Å². The predicted molar refractivity (Wildman–Crippen MR) is 144 cm³/mol. The van der Waals surface area contributed by atoms with E-state index in [4.69, 9.17) is 14.6 Å². The van der Waals surface area contributed by atoms with Gasteiger partial charge in [-0.3, -0.25) is 4.79 Å². The smallest absolute Gasteiger partial charge is 0.335 e. The number of nitrogens with one attached hydrogen (secondary N) is 2. The maximum Gasteiger partial charge on any atom is 0.335 e. The maximum absolute atomic E-state index is 13.1. The van der Waals surface area contributed by atoms with E-state index in [0.717, 1.165) is 24.0 Å². The number of piperidine rings is 1. The van der Waals surface area contributed by atoms with Crippen molar-refractivity contribution < 1.29 is 29.0 Å². The van der Waals surface area contributed by atoms with Gasteiger partial charge in [0.15, 0.2) is 0 Å². The maximum atomic E-state index is 13.1. The van der Waals surface area contributed by atoms with Crippen LogP contribution in [0.1, 0.15) is 34.3 Å². The molecule has 0 aliphatic carbocycles. The molecule has 3 amide bonds. The molecule has 9 heteroatoms. The Bertz CT molecular complexity index is 1310. The number of carboxylic acids is 1. The van der Waals surface area contributed by atoms with Gasteiger partial charge in [-0.2, -0.15) is 0 Å². The van der Waals surface area contributed by atoms with E-state index >= 15 is 0 Å². The molecule has 9 nitrogen and oxygen atoms in total. The van der Waals surface area contributed by atoms with Crippen LogP contribution in [0.4, 0.5) is 16.2 Å². The molecule has 0 saturated carbocycles. The Hall–Kier alpha value is -4.53. The largest absolute Gasteiger partial charge is 0.495 e. The van der Waals surface area contributed by atoms with E-state index < -0.39 is 12.0 Å². The quantitative estimate of drug-likeness (QED) is 0.389. The van der Waals surface area contributed by atoms with Gasteiger partial charge < -0.3 is 30.1 Å². The van der Waals surface area contributed by atoms with Crippen molar-refractivity contribution in [1.29, 1.82) is 0 Å². The van der Waals surface area contributed by atoms with Crippen molar-refractivity contribution in [3.63, 3.8) is 0 Å². The highest BCUT2D eigenvalue weighted by atomic mass is 16.5. The van der Waals surface area contributed by atoms with E-state index in [-0.39, 0.29) is 24.0 Å². The van der Waals surface area contributed by atoms with E-state index in [1.165, 1.54) is 19.2 Å². The van der Waals surface area contributed by atoms with Crippen LogP contribution in [-0.2, 0) is 11.2 Å². The summed E-state index contributed by atoms with van der Waals surface area (Å²) in [6.45, 7) is 3.01. The summed E-state index contributed by atoms with van der Waals surface area (Å²) < 4.78 is 11.5. The Morgan fingerprint density at radius 3 is 2.45 bits per heavy atom. The molecule has 3 aromatic rings. The Kier molecular flexibility index (Phi) is 8.47. The molecule has 1 saturated heterocycles. The zero-order valence-electron chi connectivity index (χ0n) is 21.4. The van der Waals surface area contributed by atoms with Crippen LogP contribution in [0.2, 0.25) is 0 Å². The van der Waals surface area contributed by atoms with E-state index in [2.05, 4.69) is 10.6 Å². The Morgan fingerprint density at radius 2 is 1.74 bits per heavy atom. The van der Waals surface area contributed by atoms with Gasteiger partial charge in [0.25, 0.3) is 0 Å². The molecule has 4 rings (SSSR count). The molecule has 0 radical (unpaired) electrons. The normalized spacial score (nSPS) is 14.9. The fraction of sp³-hybridized carbons (Fsp3) is 0.276. The summed E-state index contributed by atoms with van der Waals surface area (Å²) in [4.78, 5) is 38.4. The zero-order chi connectivity index (χ0) is 27.1. The first-order chi connectivity index (χ1) is 18.3. The molecule has 0 spiro atoms. The number of methoxy groups -OCH3 is 1. The van der Waals surface area contributed by atoms with Gasteiger partial charge in [-0.15, -0.1) is 0 Å². The Morgan fingerprint density at radius 1 is 1.00 bits per heavy atom. The van der Waals surface area contributed by atoms with E-state index in [1.54, 1.807) is 35.2 Å². The number of anilines is 2. The van der Waals surface area contributed by atoms with Gasteiger partial charge in [0, 0.05) is 12.2 Å². The second-order valence-electron chi connectivity index (χ2n) is 9.16. The number of carboxylic acid groups (broad SMARTS) is 1. The third-order valence-corrected chi connectivity index (χ3v) is 6.40. The summed E-state index contributed by atoms with van der Waals surface area (Å²) in [5.41, 5.74) is 3.12. The first-order valence-corrected chi connectivity index (χ1v) is 12.4. The Balaban J connectivity index is 1.34. The number of ether oxygens (including phenoxy) is 2. The molecule has 0 bridgehead atoms. The van der Waals surface area contributed by atoms with Gasteiger partial charge in [-0.25, -0.2) is 9.59 Å². The third-order valence-electron chi connectivity index (χ3n) is 6.40. The lowest BCUT2D eigenvalue weighted by Gasteiger charge is -2.33. The van der Waals surface area contributed by atoms with Crippen molar-refractivity contribution >= 4 is 29.3 Å². The number of carbonyl (C=O) groups excluding carboxylic acids is 2. The number of aryl methyl sites for hydroxylation is 1. The summed E-state index contributed by atoms with van der Waals surface area (Å²) in [5, 5.41) is 14.7. The Labute approximate surface area is 221 Å². The predicted octanol–water partition coefficient (Wildman–Crippen LogP) is 4.96. The zero-order valence-corrected chi connectivity index (χ0v) is 21.4. The highest BCUT2D eigenvalue weighted by molar-refractivity contribution is 6.01. The van der Waals surface area contributed by atoms with Gasteiger partial charge in [0.05, 0.1) is 31.3 Å². The number of aromatic carboxylic acids is 1. The minimum absolute atomic E-state index is 0.0282. The number of para-hydroxylation sites is 1. The lowest BCUT2D eigenvalue weighted by Crippen LogP contribution is -2.45. The minimum Gasteiger partial charge on any atom is -0.495 e. The fourth-order valence-electron chi connectivity index (χ4n) is 4.35. The molecule has 38 heavy (non-hydrogen) atoms. The molecule has 3 aromatic carbocycles. The molecule has 0 aromatic heterocycles. The number of nitrogens with zero attached hydrogens (tertiary/aromatic N) is 1. The van der Waals surface area contributed by atoms with Crippen molar-refractivity contribution in [3.05, 3.63) is 83.4 Å². The molecular weight excluding hydrogens is 486 g/mol. The minimum atomic E-state index is -0.989. The highest BCUT2D eigenvalue weighted by Gasteiger charge is 2.25. The fourth-order valence-corrected chi connectivity index (χ4v) is 4.35. The summed E-state index contributed by atoms with van der Waals surface area (Å²) in [7, 11) is 1.51. The summed E-state index contributed by atoms with van der Waals surface area (Å²) in [6, 6.07) is 18.6. The topological polar surface area (TPSA) is 117 Å². The van der Waals surface area contributed by atoms with Gasteiger partial charge in [0.1, 0.15) is 17.6 Å². The van der Waals surface area contributed by atoms with Crippen LogP contribution in [0, 0.1) is 6.92 Å². The first kappa shape index (κ1) is 26.5. The average molecular weight is 518 g/mol. The number of urea groups is 1. The van der Waals surface area contributed by atoms with Gasteiger partial charge >= 0.3 is 12.0 Å².